The molecule has 1 amide bonds. The van der Waals surface area contributed by atoms with Crippen molar-refractivity contribution in [1.29, 1.82) is 5.26 Å². The van der Waals surface area contributed by atoms with Crippen molar-refractivity contribution in [3.63, 3.8) is 0 Å². The van der Waals surface area contributed by atoms with Crippen molar-refractivity contribution in [2.75, 3.05) is 12.4 Å². The Balaban J connectivity index is 1.13. The molecule has 3 aromatic heterocycles. The lowest BCUT2D eigenvalue weighted by Crippen LogP contribution is -2.68. The van der Waals surface area contributed by atoms with E-state index >= 15 is 4.39 Å². The minimum absolute atomic E-state index is 0.0972. The Kier molecular flexibility index (Phi) is 5.10. The van der Waals surface area contributed by atoms with Crippen LogP contribution in [0, 0.1) is 17.2 Å². The topological polar surface area (TPSA) is 142 Å². The molecule has 3 heterocycles. The van der Waals surface area contributed by atoms with Gasteiger partial charge in [0.2, 0.25) is 5.95 Å². The Morgan fingerprint density at radius 3 is 2.94 bits per heavy atom. The van der Waals surface area contributed by atoms with Crippen LogP contribution in [0.15, 0.2) is 18.5 Å². The van der Waals surface area contributed by atoms with Gasteiger partial charge in [0, 0.05) is 36.5 Å². The van der Waals surface area contributed by atoms with Crippen molar-refractivity contribution < 1.29 is 18.7 Å². The summed E-state index contributed by atoms with van der Waals surface area (Å²) in [4.78, 5) is 21.0. The van der Waals surface area contributed by atoms with Gasteiger partial charge in [-0.2, -0.15) is 10.4 Å². The number of carbonyl (C=O) groups is 1. The number of halogens is 1. The summed E-state index contributed by atoms with van der Waals surface area (Å²) < 4.78 is 27.4. The molecule has 3 atom stereocenters. The van der Waals surface area contributed by atoms with Crippen molar-refractivity contribution >= 4 is 23.5 Å². The zero-order valence-electron chi connectivity index (χ0n) is 19.1. The fourth-order valence-corrected chi connectivity index (χ4v) is 5.51. The maximum Gasteiger partial charge on any atom is 0.407 e. The monoisotopic (exact) mass is 480 g/mol. The van der Waals surface area contributed by atoms with Gasteiger partial charge in [0.25, 0.3) is 0 Å². The molecule has 12 heteroatoms. The number of carbonyl (C=O) groups excluding carboxylic acids is 1. The first kappa shape index (κ1) is 21.8. The van der Waals surface area contributed by atoms with Crippen molar-refractivity contribution in [3.8, 4) is 6.07 Å². The summed E-state index contributed by atoms with van der Waals surface area (Å²) in [5, 5.41) is 22.5. The number of hydrogen-bond donors (Lipinski definition) is 3. The number of nitriles is 1. The molecule has 182 valence electrons. The quantitative estimate of drug-likeness (QED) is 0.468. The number of nitrogens with one attached hydrogen (secondary N) is 3. The van der Waals surface area contributed by atoms with Crippen LogP contribution in [0.5, 0.6) is 0 Å². The first-order chi connectivity index (χ1) is 17.0. The highest BCUT2D eigenvalue weighted by molar-refractivity contribution is 5.69. The standard InChI is InChI=1S/C23H25FN8O3/c1-34-11-14-10-32-20(27-14)13(8-25)9-26-21(32)28-18-4-16(30-31-18)15-2-3-17(19(15)24)35-22(33)29-23-5-12(6-23)7-23/h4,9-10,12,15,17,19H,2-3,5-7,11H2,1H3,(H,29,33)(H2,26,28,30,31)/t12?,15-,17-,19-,23?/m1/s1. The Labute approximate surface area is 200 Å². The summed E-state index contributed by atoms with van der Waals surface area (Å²) in [5.74, 6) is 1.13. The van der Waals surface area contributed by atoms with Crippen LogP contribution in [-0.2, 0) is 16.1 Å². The van der Waals surface area contributed by atoms with Crippen molar-refractivity contribution in [2.45, 2.75) is 62.4 Å². The van der Waals surface area contributed by atoms with Crippen LogP contribution >= 0.6 is 0 Å². The van der Waals surface area contributed by atoms with E-state index < -0.39 is 24.3 Å². The molecular weight excluding hydrogens is 455 g/mol. The van der Waals surface area contributed by atoms with Gasteiger partial charge in [0.05, 0.1) is 18.5 Å². The summed E-state index contributed by atoms with van der Waals surface area (Å²) in [7, 11) is 1.57. The number of nitrogens with zero attached hydrogens (tertiary/aromatic N) is 5. The third-order valence-electron chi connectivity index (χ3n) is 7.36. The number of aromatic nitrogens is 5. The second-order valence-electron chi connectivity index (χ2n) is 9.76. The SMILES string of the molecule is COCc1cn2c(Nc3cc([C@H]4CC[C@@H](OC(=O)NC56CC(C5)C6)[C@@H]4F)[nH]n3)ncc(C#N)c2n1. The van der Waals surface area contributed by atoms with E-state index in [-0.39, 0.29) is 5.54 Å². The van der Waals surface area contributed by atoms with E-state index in [1.807, 2.05) is 0 Å². The molecule has 0 saturated heterocycles. The molecule has 0 aliphatic heterocycles. The highest BCUT2D eigenvalue weighted by Crippen LogP contribution is 2.57. The summed E-state index contributed by atoms with van der Waals surface area (Å²) in [5.41, 5.74) is 1.94. The molecule has 7 rings (SSSR count). The van der Waals surface area contributed by atoms with Gasteiger partial charge in [0.15, 0.2) is 11.5 Å². The summed E-state index contributed by atoms with van der Waals surface area (Å²) in [6.45, 7) is 0.293. The molecule has 0 unspecified atom stereocenters. The first-order valence-electron chi connectivity index (χ1n) is 11.7. The average Bonchev–Trinajstić information content (AvgIpc) is 3.50. The first-order valence-corrected chi connectivity index (χ1v) is 11.7. The largest absolute Gasteiger partial charge is 0.443 e. The Hall–Kier alpha value is -3.72. The number of amides is 1. The number of aromatic amines is 1. The van der Waals surface area contributed by atoms with Crippen molar-refractivity contribution in [1.82, 2.24) is 29.9 Å². The van der Waals surface area contributed by atoms with Gasteiger partial charge in [-0.15, -0.1) is 0 Å². The number of imidazole rings is 1. The number of hydrogen-bond acceptors (Lipinski definition) is 8. The van der Waals surface area contributed by atoms with E-state index in [0.29, 0.717) is 53.8 Å². The van der Waals surface area contributed by atoms with Crippen LogP contribution < -0.4 is 10.6 Å². The summed E-state index contributed by atoms with van der Waals surface area (Å²) in [6.07, 6.45) is 4.54. The predicted molar refractivity (Wildman–Crippen MR) is 121 cm³/mol. The minimum atomic E-state index is -1.33. The molecule has 4 fully saturated rings. The zero-order valence-corrected chi connectivity index (χ0v) is 19.1. The van der Waals surface area contributed by atoms with Crippen LogP contribution in [0.25, 0.3) is 5.65 Å². The molecule has 4 aliphatic carbocycles. The molecule has 0 spiro atoms. The number of H-pyrrole nitrogens is 1. The number of ether oxygens (including phenoxy) is 2. The Bertz CT molecular complexity index is 1310. The highest BCUT2D eigenvalue weighted by atomic mass is 19.1. The molecule has 11 nitrogen and oxygen atoms in total. The smallest absolute Gasteiger partial charge is 0.407 e. The summed E-state index contributed by atoms with van der Waals surface area (Å²) >= 11 is 0. The number of rotatable bonds is 7. The van der Waals surface area contributed by atoms with E-state index in [0.717, 1.165) is 25.2 Å². The molecule has 4 aliphatic rings. The van der Waals surface area contributed by atoms with Crippen molar-refractivity contribution in [3.05, 3.63) is 35.4 Å². The molecular formula is C23H25FN8O3. The van der Waals surface area contributed by atoms with Crippen molar-refractivity contribution in [2.24, 2.45) is 5.92 Å². The molecule has 0 radical (unpaired) electrons. The zero-order chi connectivity index (χ0) is 24.2. The maximum absolute atomic E-state index is 15.2. The van der Waals surface area contributed by atoms with E-state index in [1.54, 1.807) is 23.8 Å². The second kappa shape index (κ2) is 8.20. The minimum Gasteiger partial charge on any atom is -0.443 e. The second-order valence-corrected chi connectivity index (χ2v) is 9.76. The third kappa shape index (κ3) is 3.76. The van der Waals surface area contributed by atoms with Crippen LogP contribution in [0.1, 0.15) is 55.0 Å². The van der Waals surface area contributed by atoms with Gasteiger partial charge in [-0.3, -0.25) is 9.50 Å². The molecule has 2 bridgehead atoms. The number of methoxy groups -OCH3 is 1. The van der Waals surface area contributed by atoms with Gasteiger partial charge < -0.3 is 20.1 Å². The van der Waals surface area contributed by atoms with Crippen LogP contribution in [-0.4, -0.2) is 55.6 Å². The fourth-order valence-electron chi connectivity index (χ4n) is 5.51. The van der Waals surface area contributed by atoms with Gasteiger partial charge in [-0.05, 0) is 38.0 Å². The van der Waals surface area contributed by atoms with E-state index in [1.165, 1.54) is 6.20 Å². The molecule has 0 aromatic carbocycles. The van der Waals surface area contributed by atoms with Gasteiger partial charge in [0.1, 0.15) is 23.9 Å². The van der Waals surface area contributed by atoms with Gasteiger partial charge >= 0.3 is 6.09 Å². The molecule has 4 saturated carbocycles. The van der Waals surface area contributed by atoms with Crippen LogP contribution in [0.4, 0.5) is 21.0 Å². The Morgan fingerprint density at radius 1 is 1.40 bits per heavy atom. The maximum atomic E-state index is 15.2. The van der Waals surface area contributed by atoms with E-state index in [4.69, 9.17) is 9.47 Å². The van der Waals surface area contributed by atoms with Crippen LogP contribution in [0.2, 0.25) is 0 Å². The molecule has 35 heavy (non-hydrogen) atoms. The predicted octanol–water partition coefficient (Wildman–Crippen LogP) is 3.08. The normalized spacial score (nSPS) is 28.7. The number of fused-ring (bicyclic) bond motifs is 1. The highest BCUT2D eigenvalue weighted by Gasteiger charge is 2.58. The average molecular weight is 481 g/mol. The number of alkyl carbamates (subject to hydrolysis) is 1. The summed E-state index contributed by atoms with van der Waals surface area (Å²) in [6, 6.07) is 3.81. The lowest BCUT2D eigenvalue weighted by Gasteiger charge is -2.61. The van der Waals surface area contributed by atoms with Crippen LogP contribution in [0.3, 0.4) is 0 Å². The number of anilines is 2. The lowest BCUT2D eigenvalue weighted by atomic mass is 9.50. The Morgan fingerprint density at radius 2 is 2.23 bits per heavy atom. The molecule has 3 N–H and O–H groups in total. The lowest BCUT2D eigenvalue weighted by molar-refractivity contribution is -0.0532. The van der Waals surface area contributed by atoms with Gasteiger partial charge in [-0.1, -0.05) is 0 Å². The fraction of sp³-hybridized carbons (Fsp3) is 0.522. The van der Waals surface area contributed by atoms with Gasteiger partial charge in [-0.25, -0.2) is 19.2 Å². The van der Waals surface area contributed by atoms with E-state index in [9.17, 15) is 10.1 Å². The third-order valence-corrected chi connectivity index (χ3v) is 7.36. The number of alkyl halides is 1. The molecule has 3 aromatic rings. The van der Waals surface area contributed by atoms with E-state index in [2.05, 4.69) is 36.9 Å².